The van der Waals surface area contributed by atoms with Crippen LogP contribution in [0.3, 0.4) is 0 Å². The van der Waals surface area contributed by atoms with Crippen LogP contribution in [0.25, 0.3) is 100 Å². The van der Waals surface area contributed by atoms with E-state index in [2.05, 4.69) is 250 Å². The molecule has 11 aromatic rings. The van der Waals surface area contributed by atoms with Gasteiger partial charge in [0.05, 0.1) is 0 Å². The molecule has 0 atom stereocenters. The van der Waals surface area contributed by atoms with E-state index in [1.165, 1.54) is 11.1 Å². The van der Waals surface area contributed by atoms with Crippen molar-refractivity contribution in [2.45, 2.75) is 13.8 Å². The molecule has 2 nitrogen and oxygen atoms in total. The minimum absolute atomic E-state index is 0.185. The Bertz CT molecular complexity index is 3570. The van der Waals surface area contributed by atoms with E-state index in [1.54, 1.807) is 0 Å². The fourth-order valence-electron chi connectivity index (χ4n) is 10.0. The second-order valence-corrected chi connectivity index (χ2v) is 17.8. The van der Waals surface area contributed by atoms with E-state index in [9.17, 15) is 5.11 Å². The zero-order valence-corrected chi connectivity index (χ0v) is 39.2. The second-order valence-electron chi connectivity index (χ2n) is 17.8. The van der Waals surface area contributed by atoms with Crippen molar-refractivity contribution in [2.24, 2.45) is 0 Å². The van der Waals surface area contributed by atoms with Crippen molar-refractivity contribution in [3.05, 3.63) is 272 Å². The lowest BCUT2D eigenvalue weighted by Gasteiger charge is -2.25. The number of aryl methyl sites for hydroxylation is 1. The number of phenols is 1. The van der Waals surface area contributed by atoms with Gasteiger partial charge in [0.15, 0.2) is 0 Å². The number of rotatable bonds is 11. The quantitative estimate of drug-likeness (QED) is 0.140. The Balaban J connectivity index is 1.21. The summed E-state index contributed by atoms with van der Waals surface area (Å²) in [6, 6.07) is 91.5. The molecule has 0 saturated carbocycles. The molecule has 0 aliphatic heterocycles. The van der Waals surface area contributed by atoms with Crippen LogP contribution in [0.2, 0.25) is 0 Å². The first-order valence-electron chi connectivity index (χ1n) is 23.9. The third kappa shape index (κ3) is 8.71. The maximum atomic E-state index is 12.2. The van der Waals surface area contributed by atoms with Gasteiger partial charge in [-0.1, -0.05) is 212 Å². The predicted molar refractivity (Wildman–Crippen MR) is 293 cm³/mol. The average molecular weight is 899 g/mol. The lowest BCUT2D eigenvalue weighted by atomic mass is 9.78. The van der Waals surface area contributed by atoms with Crippen molar-refractivity contribution in [1.82, 2.24) is 0 Å². The van der Waals surface area contributed by atoms with Gasteiger partial charge in [0.1, 0.15) is 17.2 Å². The van der Waals surface area contributed by atoms with Crippen LogP contribution in [0.15, 0.2) is 261 Å². The molecule has 0 amide bonds. The third-order valence-electron chi connectivity index (χ3n) is 13.3. The molecule has 1 N–H and O–H groups in total. The summed E-state index contributed by atoms with van der Waals surface area (Å²) in [6.07, 6.45) is 0. The Morgan fingerprint density at radius 3 is 1.01 bits per heavy atom. The highest BCUT2D eigenvalue weighted by atomic mass is 16.5. The number of benzene rings is 11. The number of aromatic hydroxyl groups is 1. The minimum Gasteiger partial charge on any atom is -0.508 e. The number of hydrogen-bond donors (Lipinski definition) is 1. The van der Waals surface area contributed by atoms with E-state index in [0.717, 1.165) is 112 Å². The van der Waals surface area contributed by atoms with Gasteiger partial charge in [-0.2, -0.15) is 0 Å². The molecule has 2 heteroatoms. The molecule has 0 heterocycles. The zero-order chi connectivity index (χ0) is 47.4. The summed E-state index contributed by atoms with van der Waals surface area (Å²) in [5, 5.41) is 12.2. The molecule has 0 aromatic heterocycles. The summed E-state index contributed by atoms with van der Waals surface area (Å²) < 4.78 is 6.37. The molecule has 70 heavy (non-hydrogen) atoms. The molecule has 0 unspecified atom stereocenters. The highest BCUT2D eigenvalue weighted by Gasteiger charge is 2.26. The van der Waals surface area contributed by atoms with E-state index < -0.39 is 0 Å². The van der Waals surface area contributed by atoms with Crippen molar-refractivity contribution >= 4 is 0 Å². The first kappa shape index (κ1) is 43.6. The van der Waals surface area contributed by atoms with Crippen LogP contribution in [-0.4, -0.2) is 5.11 Å². The molecular formula is C68H50O2. The van der Waals surface area contributed by atoms with Gasteiger partial charge < -0.3 is 9.84 Å². The van der Waals surface area contributed by atoms with E-state index >= 15 is 0 Å². The van der Waals surface area contributed by atoms with Gasteiger partial charge >= 0.3 is 0 Å². The molecule has 0 aliphatic carbocycles. The number of phenolic OH excluding ortho intramolecular Hbond substituents is 1. The second kappa shape index (κ2) is 19.3. The molecule has 0 bridgehead atoms. The SMILES string of the molecule is Cc1ccc(Oc2ccc(-c3c(-c4ccccc4)cc(-c4cc(O)cc(-c5cc(-c6ccccc6)c(C)c(-c6ccccc6)c5-c5ccccc5)c4)c(-c4ccccc4)c3-c3ccccc3)cc2)cc1. The van der Waals surface area contributed by atoms with Gasteiger partial charge in [0.2, 0.25) is 0 Å². The van der Waals surface area contributed by atoms with Crippen molar-refractivity contribution in [3.63, 3.8) is 0 Å². The monoisotopic (exact) mass is 898 g/mol. The number of ether oxygens (including phenoxy) is 1. The maximum Gasteiger partial charge on any atom is 0.127 e. The molecule has 0 aliphatic rings. The molecule has 0 radical (unpaired) electrons. The Morgan fingerprint density at radius 2 is 0.571 bits per heavy atom. The van der Waals surface area contributed by atoms with Gasteiger partial charge in [-0.3, -0.25) is 0 Å². The largest absolute Gasteiger partial charge is 0.508 e. The predicted octanol–water partition coefficient (Wildman–Crippen LogP) is 18.8. The molecular weight excluding hydrogens is 849 g/mol. The van der Waals surface area contributed by atoms with Crippen LogP contribution in [0.1, 0.15) is 11.1 Å². The van der Waals surface area contributed by atoms with E-state index in [0.29, 0.717) is 0 Å². The lowest BCUT2D eigenvalue weighted by molar-refractivity contribution is 0.476. The number of hydrogen-bond acceptors (Lipinski definition) is 2. The smallest absolute Gasteiger partial charge is 0.127 e. The normalized spacial score (nSPS) is 11.1. The summed E-state index contributed by atoms with van der Waals surface area (Å²) in [5.41, 5.74) is 21.7. The summed E-state index contributed by atoms with van der Waals surface area (Å²) in [4.78, 5) is 0. The van der Waals surface area contributed by atoms with Crippen molar-refractivity contribution < 1.29 is 9.84 Å². The fraction of sp³-hybridized carbons (Fsp3) is 0.0294. The molecule has 0 fully saturated rings. The van der Waals surface area contributed by atoms with Crippen LogP contribution in [0.5, 0.6) is 17.2 Å². The Labute approximate surface area is 411 Å². The summed E-state index contributed by atoms with van der Waals surface area (Å²) >= 11 is 0. The zero-order valence-electron chi connectivity index (χ0n) is 39.2. The molecule has 334 valence electrons. The Morgan fingerprint density at radius 1 is 0.257 bits per heavy atom. The first-order valence-corrected chi connectivity index (χ1v) is 23.9. The molecule has 0 spiro atoms. The first-order chi connectivity index (χ1) is 34.5. The van der Waals surface area contributed by atoms with Crippen LogP contribution < -0.4 is 4.74 Å². The molecule has 0 saturated heterocycles. The highest BCUT2D eigenvalue weighted by molar-refractivity contribution is 6.08. The average Bonchev–Trinajstić information content (AvgIpc) is 3.42. The van der Waals surface area contributed by atoms with Crippen LogP contribution >= 0.6 is 0 Å². The fourth-order valence-corrected chi connectivity index (χ4v) is 10.0. The highest BCUT2D eigenvalue weighted by Crippen LogP contribution is 2.52. The lowest BCUT2D eigenvalue weighted by Crippen LogP contribution is -1.99. The van der Waals surface area contributed by atoms with Gasteiger partial charge in [-0.15, -0.1) is 0 Å². The van der Waals surface area contributed by atoms with Crippen LogP contribution in [-0.2, 0) is 0 Å². The van der Waals surface area contributed by atoms with Gasteiger partial charge in [-0.25, -0.2) is 0 Å². The molecule has 11 aromatic carbocycles. The summed E-state index contributed by atoms with van der Waals surface area (Å²) in [5.74, 6) is 1.74. The van der Waals surface area contributed by atoms with E-state index in [4.69, 9.17) is 4.74 Å². The van der Waals surface area contributed by atoms with Gasteiger partial charge in [0, 0.05) is 0 Å². The molecule has 11 rings (SSSR count). The van der Waals surface area contributed by atoms with Gasteiger partial charge in [0.25, 0.3) is 0 Å². The topological polar surface area (TPSA) is 29.5 Å². The minimum atomic E-state index is 0.185. The summed E-state index contributed by atoms with van der Waals surface area (Å²) in [7, 11) is 0. The Kier molecular flexibility index (Phi) is 12.0. The Hall–Kier alpha value is -8.98. The van der Waals surface area contributed by atoms with Crippen molar-refractivity contribution in [1.29, 1.82) is 0 Å². The van der Waals surface area contributed by atoms with E-state index in [1.807, 2.05) is 24.3 Å². The van der Waals surface area contributed by atoms with Crippen LogP contribution in [0.4, 0.5) is 0 Å². The standard InChI is InChI=1S/C68H50O2/c1-46-33-37-58(38-34-46)70-59-39-35-54(36-40-59)67-61(49-23-11-4-12-24-49)45-63(66(52-29-17-7-18-30-52)68(67)53-31-19-8-20-32-53)56-41-55(42-57(69)43-56)62-44-60(48-21-9-3-10-22-48)47(2)64(50-25-13-5-14-26-50)65(62)51-27-15-6-16-28-51/h3-45,69H,1-2H3. The maximum absolute atomic E-state index is 12.2. The third-order valence-corrected chi connectivity index (χ3v) is 13.3. The van der Waals surface area contributed by atoms with Crippen molar-refractivity contribution in [3.8, 4) is 117 Å². The van der Waals surface area contributed by atoms with Crippen LogP contribution in [0, 0.1) is 13.8 Å². The van der Waals surface area contributed by atoms with Crippen molar-refractivity contribution in [2.75, 3.05) is 0 Å². The van der Waals surface area contributed by atoms with E-state index in [-0.39, 0.29) is 5.75 Å². The summed E-state index contributed by atoms with van der Waals surface area (Å²) in [6.45, 7) is 4.32. The van der Waals surface area contributed by atoms with Gasteiger partial charge in [-0.05, 0) is 174 Å².